The molecule has 3 rings (SSSR count). The third kappa shape index (κ3) is 4.69. The van der Waals surface area contributed by atoms with E-state index in [-0.39, 0.29) is 30.8 Å². The van der Waals surface area contributed by atoms with Gasteiger partial charge in [-0.15, -0.1) is 0 Å². The van der Waals surface area contributed by atoms with Gasteiger partial charge in [-0.05, 0) is 50.9 Å². The first-order valence-electron chi connectivity index (χ1n) is 9.85. The number of carbonyl (C=O) groups excluding carboxylic acids is 2. The van der Waals surface area contributed by atoms with Gasteiger partial charge in [-0.2, -0.15) is 5.26 Å². The van der Waals surface area contributed by atoms with Gasteiger partial charge in [-0.25, -0.2) is 0 Å². The Morgan fingerprint density at radius 1 is 1.38 bits per heavy atom. The van der Waals surface area contributed by atoms with Gasteiger partial charge < -0.3 is 20.0 Å². The summed E-state index contributed by atoms with van der Waals surface area (Å²) in [5, 5.41) is 12.6. The monoisotopic (exact) mass is 397 g/mol. The zero-order chi connectivity index (χ0) is 21.0. The number of nitriles is 1. The highest BCUT2D eigenvalue weighted by molar-refractivity contribution is 5.93. The molecule has 0 radical (unpaired) electrons. The van der Waals surface area contributed by atoms with Gasteiger partial charge >= 0.3 is 0 Å². The summed E-state index contributed by atoms with van der Waals surface area (Å²) in [6.07, 6.45) is 4.72. The van der Waals surface area contributed by atoms with Crippen molar-refractivity contribution >= 4 is 17.6 Å². The van der Waals surface area contributed by atoms with Crippen LogP contribution in [0.2, 0.25) is 0 Å². The number of anilines is 1. The Morgan fingerprint density at radius 2 is 2.17 bits per heavy atom. The molecule has 0 aliphatic carbocycles. The van der Waals surface area contributed by atoms with Crippen molar-refractivity contribution in [1.29, 1.82) is 5.26 Å². The maximum absolute atomic E-state index is 12.8. The summed E-state index contributed by atoms with van der Waals surface area (Å²) in [7, 11) is 0. The first-order chi connectivity index (χ1) is 13.9. The number of rotatable bonds is 7. The minimum Gasteiger partial charge on any atom is -0.467 e. The summed E-state index contributed by atoms with van der Waals surface area (Å²) in [6.45, 7) is 5.12. The molecule has 0 spiro atoms. The van der Waals surface area contributed by atoms with Gasteiger partial charge in [0, 0.05) is 18.2 Å². The summed E-state index contributed by atoms with van der Waals surface area (Å²) in [5.41, 5.74) is 7.55. The first-order valence-corrected chi connectivity index (χ1v) is 9.85. The van der Waals surface area contributed by atoms with Crippen LogP contribution in [0, 0.1) is 25.2 Å². The molecule has 1 atom stereocenters. The first kappa shape index (κ1) is 20.7. The van der Waals surface area contributed by atoms with Crippen LogP contribution in [0.1, 0.15) is 48.3 Å². The van der Waals surface area contributed by atoms with Gasteiger partial charge in [0.25, 0.3) is 0 Å². The number of nitrogens with two attached hydrogens (primary N) is 1. The largest absolute Gasteiger partial charge is 0.467 e. The van der Waals surface area contributed by atoms with Crippen LogP contribution in [0.5, 0.6) is 0 Å². The van der Waals surface area contributed by atoms with Crippen molar-refractivity contribution < 1.29 is 14.0 Å². The van der Waals surface area contributed by atoms with Gasteiger partial charge in [0.2, 0.25) is 11.8 Å². The Bertz CT molecular complexity index is 923. The summed E-state index contributed by atoms with van der Waals surface area (Å²) < 4.78 is 7.33. The molecule has 0 saturated carbocycles. The second-order valence-corrected chi connectivity index (χ2v) is 7.55. The smallest absolute Gasteiger partial charge is 0.239 e. The fourth-order valence-corrected chi connectivity index (χ4v) is 3.97. The topological polar surface area (TPSA) is 117 Å². The number of aromatic nitrogens is 1. The van der Waals surface area contributed by atoms with E-state index < -0.39 is 0 Å². The molecule has 3 N–H and O–H groups in total. The van der Waals surface area contributed by atoms with E-state index in [1.54, 1.807) is 12.3 Å². The van der Waals surface area contributed by atoms with Gasteiger partial charge in [0.15, 0.2) is 0 Å². The molecule has 1 unspecified atom stereocenters. The van der Waals surface area contributed by atoms with E-state index in [1.807, 2.05) is 29.4 Å². The van der Waals surface area contributed by atoms with Gasteiger partial charge in [0.1, 0.15) is 17.6 Å². The Morgan fingerprint density at radius 3 is 2.83 bits per heavy atom. The molecule has 8 nitrogen and oxygen atoms in total. The third-order valence-corrected chi connectivity index (χ3v) is 5.63. The Hall–Kier alpha value is -3.05. The predicted molar refractivity (Wildman–Crippen MR) is 108 cm³/mol. The normalized spacial score (nSPS) is 17.1. The number of amides is 2. The van der Waals surface area contributed by atoms with Gasteiger partial charge in [0.05, 0.1) is 24.9 Å². The quantitative estimate of drug-likeness (QED) is 0.743. The van der Waals surface area contributed by atoms with Crippen LogP contribution in [-0.2, 0) is 16.1 Å². The molecule has 1 aliphatic rings. The highest BCUT2D eigenvalue weighted by Gasteiger charge is 2.27. The highest BCUT2D eigenvalue weighted by atomic mass is 16.3. The number of hydrogen-bond donors (Lipinski definition) is 2. The maximum atomic E-state index is 12.8. The second kappa shape index (κ2) is 8.97. The van der Waals surface area contributed by atoms with Crippen LogP contribution in [0.25, 0.3) is 0 Å². The van der Waals surface area contributed by atoms with E-state index in [0.717, 1.165) is 42.8 Å². The summed E-state index contributed by atoms with van der Waals surface area (Å²) in [4.78, 5) is 26.2. The van der Waals surface area contributed by atoms with Gasteiger partial charge in [-0.3, -0.25) is 14.5 Å². The molecular formula is C21H27N5O3. The Kier molecular flexibility index (Phi) is 6.39. The molecule has 3 heterocycles. The van der Waals surface area contributed by atoms with Crippen molar-refractivity contribution in [2.45, 2.75) is 52.1 Å². The molecule has 0 aromatic carbocycles. The number of nitrogens with zero attached hydrogens (tertiary/aromatic N) is 3. The lowest BCUT2D eigenvalue weighted by molar-refractivity contribution is -0.122. The number of primary amides is 1. The Balaban J connectivity index is 1.79. The van der Waals surface area contributed by atoms with Crippen LogP contribution in [0.4, 0.5) is 5.82 Å². The summed E-state index contributed by atoms with van der Waals surface area (Å²) in [5.74, 6) is 0.650. The summed E-state index contributed by atoms with van der Waals surface area (Å²) >= 11 is 0. The van der Waals surface area contributed by atoms with Crippen molar-refractivity contribution in [3.63, 3.8) is 0 Å². The number of likely N-dealkylation sites (tertiary alicyclic amines) is 1. The second-order valence-electron chi connectivity index (χ2n) is 7.55. The standard InChI is InChI=1S/C21H27N5O3/c1-14-15(2)26(12-17-7-5-9-29-17)21(18(14)11-22)24-20(28)13-25-8-4-3-6-16(25)10-19(23)27/h5,7,9,16H,3-4,6,8,10,12-13H2,1-2H3,(H2,23,27)(H,24,28). The SMILES string of the molecule is Cc1c(C#N)c(NC(=O)CN2CCCCC2CC(N)=O)n(Cc2ccco2)c1C. The number of furan rings is 1. The van der Waals surface area contributed by atoms with Crippen LogP contribution >= 0.6 is 0 Å². The lowest BCUT2D eigenvalue weighted by Crippen LogP contribution is -2.45. The Labute approximate surface area is 170 Å². The van der Waals surface area contributed by atoms with E-state index in [0.29, 0.717) is 17.9 Å². The molecule has 2 aromatic heterocycles. The molecule has 0 bridgehead atoms. The van der Waals surface area contributed by atoms with Crippen LogP contribution in [-0.4, -0.2) is 40.4 Å². The molecule has 1 fully saturated rings. The van der Waals surface area contributed by atoms with Crippen LogP contribution in [0.15, 0.2) is 22.8 Å². The molecular weight excluding hydrogens is 370 g/mol. The lowest BCUT2D eigenvalue weighted by Gasteiger charge is -2.34. The van der Waals surface area contributed by atoms with Gasteiger partial charge in [-0.1, -0.05) is 6.42 Å². The van der Waals surface area contributed by atoms with Crippen LogP contribution in [0.3, 0.4) is 0 Å². The molecule has 1 aliphatic heterocycles. The molecule has 8 heteroatoms. The van der Waals surface area contributed by atoms with Crippen molar-refractivity contribution in [1.82, 2.24) is 9.47 Å². The van der Waals surface area contributed by atoms with Crippen molar-refractivity contribution in [3.8, 4) is 6.07 Å². The molecule has 154 valence electrons. The minimum absolute atomic E-state index is 0.0131. The summed E-state index contributed by atoms with van der Waals surface area (Å²) in [6, 6.07) is 5.86. The third-order valence-electron chi connectivity index (χ3n) is 5.63. The average molecular weight is 397 g/mol. The molecule has 2 amide bonds. The lowest BCUT2D eigenvalue weighted by atomic mass is 9.99. The fourth-order valence-electron chi connectivity index (χ4n) is 3.97. The molecule has 1 saturated heterocycles. The number of nitrogens with one attached hydrogen (secondary N) is 1. The van der Waals surface area contributed by atoms with E-state index in [4.69, 9.17) is 10.2 Å². The van der Waals surface area contributed by atoms with E-state index in [2.05, 4.69) is 11.4 Å². The maximum Gasteiger partial charge on any atom is 0.239 e. The minimum atomic E-state index is -0.354. The fraction of sp³-hybridized carbons (Fsp3) is 0.476. The number of carbonyl (C=O) groups is 2. The number of hydrogen-bond acceptors (Lipinski definition) is 5. The molecule has 29 heavy (non-hydrogen) atoms. The van der Waals surface area contributed by atoms with E-state index in [1.165, 1.54) is 0 Å². The zero-order valence-electron chi connectivity index (χ0n) is 16.9. The molecule has 2 aromatic rings. The zero-order valence-corrected chi connectivity index (χ0v) is 16.9. The van der Waals surface area contributed by atoms with E-state index >= 15 is 0 Å². The van der Waals surface area contributed by atoms with Crippen molar-refractivity contribution in [2.75, 3.05) is 18.4 Å². The average Bonchev–Trinajstić information content (AvgIpc) is 3.26. The van der Waals surface area contributed by atoms with Crippen LogP contribution < -0.4 is 11.1 Å². The van der Waals surface area contributed by atoms with Crippen molar-refractivity contribution in [3.05, 3.63) is 41.0 Å². The number of piperidine rings is 1. The van der Waals surface area contributed by atoms with Crippen molar-refractivity contribution in [2.24, 2.45) is 5.73 Å². The van der Waals surface area contributed by atoms with E-state index in [9.17, 15) is 14.9 Å². The highest BCUT2D eigenvalue weighted by Crippen LogP contribution is 2.28. The predicted octanol–water partition coefficient (Wildman–Crippen LogP) is 2.29.